The Kier molecular flexibility index (Phi) is 20.0. The molecule has 0 aromatic rings. The fourth-order valence-corrected chi connectivity index (χ4v) is 2.17. The maximum Gasteiger partial charge on any atom is 0.0563 e. The molecule has 2 nitrogen and oxygen atoms in total. The van der Waals surface area contributed by atoms with Crippen LogP contribution in [-0.2, 0) is 0 Å². The first-order valence-corrected chi connectivity index (χ1v) is 10.2. The first-order chi connectivity index (χ1) is 10.8. The van der Waals surface area contributed by atoms with E-state index in [9.17, 15) is 5.11 Å². The van der Waals surface area contributed by atoms with Crippen LogP contribution in [0, 0.1) is 11.8 Å². The van der Waals surface area contributed by atoms with Crippen molar-refractivity contribution in [3.63, 3.8) is 0 Å². The highest BCUT2D eigenvalue weighted by molar-refractivity contribution is 4.59. The molecule has 0 saturated heterocycles. The topological polar surface area (TPSA) is 40.5 Å². The van der Waals surface area contributed by atoms with Gasteiger partial charge in [0.25, 0.3) is 0 Å². The van der Waals surface area contributed by atoms with E-state index >= 15 is 0 Å². The van der Waals surface area contributed by atoms with Gasteiger partial charge in [-0.05, 0) is 25.2 Å². The molecular formula is C21H46O2. The number of hydrogen-bond donors (Lipinski definition) is 2. The van der Waals surface area contributed by atoms with Gasteiger partial charge in [-0.25, -0.2) is 0 Å². The smallest absolute Gasteiger partial charge is 0.0563 e. The minimum absolute atomic E-state index is 0.0796. The van der Waals surface area contributed by atoms with Crippen LogP contribution in [-0.4, -0.2) is 22.4 Å². The zero-order chi connectivity index (χ0) is 18.1. The van der Waals surface area contributed by atoms with E-state index in [-0.39, 0.29) is 12.2 Å². The molecule has 0 aliphatic rings. The summed E-state index contributed by atoms with van der Waals surface area (Å²) in [5.74, 6) is 0.832. The van der Waals surface area contributed by atoms with Gasteiger partial charge in [0.15, 0.2) is 0 Å². The van der Waals surface area contributed by atoms with Crippen LogP contribution in [0.25, 0.3) is 0 Å². The molecule has 142 valence electrons. The summed E-state index contributed by atoms with van der Waals surface area (Å²) in [6.07, 6.45) is 14.5. The van der Waals surface area contributed by atoms with E-state index in [1.165, 1.54) is 64.2 Å². The van der Waals surface area contributed by atoms with Crippen molar-refractivity contribution in [1.82, 2.24) is 0 Å². The Bertz CT molecular complexity index is 206. The fourth-order valence-electron chi connectivity index (χ4n) is 2.17. The Balaban J connectivity index is 0. The molecule has 0 saturated carbocycles. The molecule has 0 unspecified atom stereocenters. The normalized spacial score (nSPS) is 13.8. The lowest BCUT2D eigenvalue weighted by Gasteiger charge is -2.13. The minimum atomic E-state index is -0.148. The molecule has 0 radical (unpaired) electrons. The molecule has 23 heavy (non-hydrogen) atoms. The SMILES string of the molecule is CC(C)[C@H](C)O.CCCCCCCCCCCC[C@@H](O)C(C)C. The van der Waals surface area contributed by atoms with Gasteiger partial charge in [0.2, 0.25) is 0 Å². The summed E-state index contributed by atoms with van der Waals surface area (Å²) >= 11 is 0. The van der Waals surface area contributed by atoms with Gasteiger partial charge in [-0.2, -0.15) is 0 Å². The van der Waals surface area contributed by atoms with Gasteiger partial charge in [-0.1, -0.05) is 98.8 Å². The standard InChI is InChI=1S/C16H34O.C5H12O/c1-4-5-6-7-8-9-10-11-12-13-14-16(17)15(2)3;1-4(2)5(3)6/h15-17H,4-14H2,1-3H3;4-6H,1-3H3/t16-;5-/m10/s1. The number of aliphatic hydroxyl groups excluding tert-OH is 2. The lowest BCUT2D eigenvalue weighted by Crippen LogP contribution is -2.13. The van der Waals surface area contributed by atoms with E-state index < -0.39 is 0 Å². The van der Waals surface area contributed by atoms with Crippen LogP contribution in [0.4, 0.5) is 0 Å². The quantitative estimate of drug-likeness (QED) is 0.387. The average Bonchev–Trinajstić information content (AvgIpc) is 2.49. The third-order valence-electron chi connectivity index (χ3n) is 4.59. The minimum Gasteiger partial charge on any atom is -0.393 e. The first-order valence-electron chi connectivity index (χ1n) is 10.2. The maximum absolute atomic E-state index is 9.65. The van der Waals surface area contributed by atoms with Crippen molar-refractivity contribution in [3.8, 4) is 0 Å². The molecule has 0 aliphatic heterocycles. The highest BCUT2D eigenvalue weighted by atomic mass is 16.3. The lowest BCUT2D eigenvalue weighted by molar-refractivity contribution is 0.113. The Morgan fingerprint density at radius 3 is 1.22 bits per heavy atom. The molecule has 0 spiro atoms. The maximum atomic E-state index is 9.65. The van der Waals surface area contributed by atoms with Gasteiger partial charge in [0, 0.05) is 0 Å². The summed E-state index contributed by atoms with van der Waals surface area (Å²) in [5.41, 5.74) is 0. The van der Waals surface area contributed by atoms with Crippen molar-refractivity contribution >= 4 is 0 Å². The fraction of sp³-hybridized carbons (Fsp3) is 1.00. The molecule has 0 rings (SSSR count). The monoisotopic (exact) mass is 330 g/mol. The van der Waals surface area contributed by atoms with Crippen molar-refractivity contribution in [2.75, 3.05) is 0 Å². The van der Waals surface area contributed by atoms with Crippen LogP contribution >= 0.6 is 0 Å². The molecule has 0 bridgehead atoms. The largest absolute Gasteiger partial charge is 0.393 e. The van der Waals surface area contributed by atoms with E-state index in [4.69, 9.17) is 5.11 Å². The number of hydrogen-bond acceptors (Lipinski definition) is 2. The van der Waals surface area contributed by atoms with Crippen LogP contribution in [0.2, 0.25) is 0 Å². The zero-order valence-electron chi connectivity index (χ0n) is 17.0. The third kappa shape index (κ3) is 21.9. The van der Waals surface area contributed by atoms with E-state index in [1.54, 1.807) is 6.92 Å². The summed E-state index contributed by atoms with van der Waals surface area (Å²) in [6.45, 7) is 12.2. The van der Waals surface area contributed by atoms with Crippen LogP contribution in [0.5, 0.6) is 0 Å². The lowest BCUT2D eigenvalue weighted by atomic mass is 10.00. The molecule has 2 atom stereocenters. The van der Waals surface area contributed by atoms with Gasteiger partial charge >= 0.3 is 0 Å². The van der Waals surface area contributed by atoms with Gasteiger partial charge in [0.1, 0.15) is 0 Å². The Hall–Kier alpha value is -0.0800. The summed E-state index contributed by atoms with van der Waals surface area (Å²) in [4.78, 5) is 0. The second-order valence-corrected chi connectivity index (χ2v) is 7.77. The van der Waals surface area contributed by atoms with E-state index in [0.29, 0.717) is 11.8 Å². The highest BCUT2D eigenvalue weighted by Crippen LogP contribution is 2.14. The van der Waals surface area contributed by atoms with Gasteiger partial charge < -0.3 is 10.2 Å². The summed E-state index contributed by atoms with van der Waals surface area (Å²) in [6, 6.07) is 0. The van der Waals surface area contributed by atoms with E-state index in [2.05, 4.69) is 20.8 Å². The van der Waals surface area contributed by atoms with Crippen LogP contribution in [0.1, 0.15) is 112 Å². The van der Waals surface area contributed by atoms with Crippen molar-refractivity contribution in [2.45, 2.75) is 124 Å². The molecule has 0 heterocycles. The molecule has 0 aliphatic carbocycles. The first kappa shape index (κ1) is 25.2. The molecule has 0 aromatic heterocycles. The molecule has 0 aromatic carbocycles. The summed E-state index contributed by atoms with van der Waals surface area (Å²) in [7, 11) is 0. The van der Waals surface area contributed by atoms with Crippen LogP contribution in [0.15, 0.2) is 0 Å². The van der Waals surface area contributed by atoms with Crippen LogP contribution in [0.3, 0.4) is 0 Å². The predicted molar refractivity (Wildman–Crippen MR) is 104 cm³/mol. The Morgan fingerprint density at radius 2 is 0.913 bits per heavy atom. The molecule has 0 fully saturated rings. The number of aliphatic hydroxyl groups is 2. The Labute approximate surface area is 147 Å². The Morgan fingerprint density at radius 1 is 0.565 bits per heavy atom. The summed E-state index contributed by atoms with van der Waals surface area (Å²) in [5, 5.41) is 18.3. The number of unbranched alkanes of at least 4 members (excludes halogenated alkanes) is 9. The second kappa shape index (κ2) is 18.3. The van der Waals surface area contributed by atoms with Gasteiger partial charge in [-0.15, -0.1) is 0 Å². The van der Waals surface area contributed by atoms with Crippen molar-refractivity contribution in [3.05, 3.63) is 0 Å². The van der Waals surface area contributed by atoms with Crippen molar-refractivity contribution < 1.29 is 10.2 Å². The molecule has 2 heteroatoms. The van der Waals surface area contributed by atoms with Crippen molar-refractivity contribution in [2.24, 2.45) is 11.8 Å². The van der Waals surface area contributed by atoms with Crippen molar-refractivity contribution in [1.29, 1.82) is 0 Å². The molecule has 0 amide bonds. The highest BCUT2D eigenvalue weighted by Gasteiger charge is 2.07. The van der Waals surface area contributed by atoms with Crippen LogP contribution < -0.4 is 0 Å². The second-order valence-electron chi connectivity index (χ2n) is 7.77. The van der Waals surface area contributed by atoms with E-state index in [0.717, 1.165) is 6.42 Å². The zero-order valence-corrected chi connectivity index (χ0v) is 17.0. The van der Waals surface area contributed by atoms with Gasteiger partial charge in [-0.3, -0.25) is 0 Å². The number of rotatable bonds is 13. The molecular weight excluding hydrogens is 284 g/mol. The van der Waals surface area contributed by atoms with E-state index in [1.807, 2.05) is 13.8 Å². The third-order valence-corrected chi connectivity index (χ3v) is 4.59. The van der Waals surface area contributed by atoms with Gasteiger partial charge in [0.05, 0.1) is 12.2 Å². The molecule has 2 N–H and O–H groups in total. The average molecular weight is 331 g/mol. The predicted octanol–water partition coefficient (Wildman–Crippen LogP) is 6.34. The summed E-state index contributed by atoms with van der Waals surface area (Å²) < 4.78 is 0.